The second kappa shape index (κ2) is 10.2. The number of hydrogen-bond donors (Lipinski definition) is 1. The lowest BCUT2D eigenvalue weighted by Crippen LogP contribution is -2.30. The molecule has 1 amide bonds. The molecule has 0 saturated carbocycles. The first kappa shape index (κ1) is 23.1. The van der Waals surface area contributed by atoms with Gasteiger partial charge in [0.15, 0.2) is 0 Å². The van der Waals surface area contributed by atoms with E-state index in [-0.39, 0.29) is 29.5 Å². The molecule has 0 aliphatic carbocycles. The highest BCUT2D eigenvalue weighted by Crippen LogP contribution is 2.31. The van der Waals surface area contributed by atoms with Gasteiger partial charge in [0.25, 0.3) is 10.0 Å². The quantitative estimate of drug-likeness (QED) is 0.526. The first-order chi connectivity index (χ1) is 15.4. The van der Waals surface area contributed by atoms with Gasteiger partial charge in [-0.05, 0) is 55.0 Å². The second-order valence-corrected chi connectivity index (χ2v) is 8.80. The van der Waals surface area contributed by atoms with Crippen molar-refractivity contribution >= 4 is 27.3 Å². The number of carbonyl (C=O) groups excluding carboxylic acids is 1. The van der Waals surface area contributed by atoms with Crippen molar-refractivity contribution in [2.45, 2.75) is 18.2 Å². The zero-order valence-corrected chi connectivity index (χ0v) is 19.1. The number of ether oxygens (including phenoxy) is 2. The Bertz CT molecular complexity index is 1160. The number of hydrogen-bond acceptors (Lipinski definition) is 5. The van der Waals surface area contributed by atoms with Gasteiger partial charge in [-0.25, -0.2) is 8.42 Å². The van der Waals surface area contributed by atoms with E-state index in [1.165, 1.54) is 29.6 Å². The Morgan fingerprint density at radius 1 is 0.938 bits per heavy atom. The van der Waals surface area contributed by atoms with Crippen molar-refractivity contribution in [2.24, 2.45) is 0 Å². The summed E-state index contributed by atoms with van der Waals surface area (Å²) >= 11 is 0. The van der Waals surface area contributed by atoms with Crippen molar-refractivity contribution < 1.29 is 22.7 Å². The second-order valence-electron chi connectivity index (χ2n) is 6.94. The SMILES string of the molecule is CCN(c1ccccc1)S(=O)(=O)c1ccc(OC)c(NC(=O)Cc2ccc(OC)cc2)c1. The van der Waals surface area contributed by atoms with Crippen LogP contribution < -0.4 is 19.1 Å². The number of amides is 1. The molecule has 32 heavy (non-hydrogen) atoms. The highest BCUT2D eigenvalue weighted by molar-refractivity contribution is 7.92. The molecule has 0 bridgehead atoms. The van der Waals surface area contributed by atoms with Crippen molar-refractivity contribution in [2.75, 3.05) is 30.4 Å². The van der Waals surface area contributed by atoms with E-state index in [1.807, 2.05) is 6.07 Å². The van der Waals surface area contributed by atoms with Crippen molar-refractivity contribution in [1.82, 2.24) is 0 Å². The number of nitrogens with zero attached hydrogens (tertiary/aromatic N) is 1. The van der Waals surface area contributed by atoms with Gasteiger partial charge in [0.2, 0.25) is 5.91 Å². The maximum Gasteiger partial charge on any atom is 0.264 e. The number of sulfonamides is 1. The monoisotopic (exact) mass is 454 g/mol. The van der Waals surface area contributed by atoms with Gasteiger partial charge in [-0.1, -0.05) is 30.3 Å². The van der Waals surface area contributed by atoms with Crippen LogP contribution in [-0.4, -0.2) is 35.1 Å². The molecule has 0 atom stereocenters. The van der Waals surface area contributed by atoms with Crippen molar-refractivity contribution in [3.8, 4) is 11.5 Å². The van der Waals surface area contributed by atoms with Gasteiger partial charge < -0.3 is 14.8 Å². The fraction of sp³-hybridized carbons (Fsp3) is 0.208. The van der Waals surface area contributed by atoms with E-state index >= 15 is 0 Å². The number of nitrogens with one attached hydrogen (secondary N) is 1. The summed E-state index contributed by atoms with van der Waals surface area (Å²) in [6.07, 6.45) is 0.120. The number of benzene rings is 3. The molecule has 0 radical (unpaired) electrons. The Morgan fingerprint density at radius 3 is 2.22 bits per heavy atom. The van der Waals surface area contributed by atoms with Crippen LogP contribution in [0, 0.1) is 0 Å². The van der Waals surface area contributed by atoms with Crippen LogP contribution in [0.3, 0.4) is 0 Å². The molecule has 3 aromatic carbocycles. The Kier molecular flexibility index (Phi) is 7.37. The first-order valence-corrected chi connectivity index (χ1v) is 11.5. The number of methoxy groups -OCH3 is 2. The highest BCUT2D eigenvalue weighted by Gasteiger charge is 2.25. The molecule has 0 unspecified atom stereocenters. The minimum Gasteiger partial charge on any atom is -0.497 e. The molecule has 168 valence electrons. The van der Waals surface area contributed by atoms with E-state index in [1.54, 1.807) is 62.6 Å². The normalized spacial score (nSPS) is 11.0. The fourth-order valence-corrected chi connectivity index (χ4v) is 4.78. The third-order valence-electron chi connectivity index (χ3n) is 4.89. The van der Waals surface area contributed by atoms with E-state index in [4.69, 9.17) is 9.47 Å². The lowest BCUT2D eigenvalue weighted by atomic mass is 10.1. The van der Waals surface area contributed by atoms with Crippen molar-refractivity contribution in [3.63, 3.8) is 0 Å². The molecule has 0 aromatic heterocycles. The van der Waals surface area contributed by atoms with E-state index in [2.05, 4.69) is 5.32 Å². The summed E-state index contributed by atoms with van der Waals surface area (Å²) in [7, 11) is -0.802. The molecule has 8 heteroatoms. The molecule has 3 aromatic rings. The molecular formula is C24H26N2O5S. The van der Waals surface area contributed by atoms with Gasteiger partial charge in [0.05, 0.1) is 36.9 Å². The van der Waals surface area contributed by atoms with Crippen LogP contribution in [-0.2, 0) is 21.2 Å². The van der Waals surface area contributed by atoms with Crippen LogP contribution in [0.2, 0.25) is 0 Å². The summed E-state index contributed by atoms with van der Waals surface area (Å²) in [5.41, 5.74) is 1.65. The van der Waals surface area contributed by atoms with Crippen LogP contribution >= 0.6 is 0 Å². The fourth-order valence-electron chi connectivity index (χ4n) is 3.28. The number of carbonyl (C=O) groups is 1. The first-order valence-electron chi connectivity index (χ1n) is 10.1. The average molecular weight is 455 g/mol. The zero-order chi connectivity index (χ0) is 23.1. The van der Waals surface area contributed by atoms with E-state index in [0.717, 1.165) is 5.56 Å². The van der Waals surface area contributed by atoms with Crippen LogP contribution in [0.5, 0.6) is 11.5 Å². The summed E-state index contributed by atoms with van der Waals surface area (Å²) in [6, 6.07) is 20.5. The molecule has 0 fully saturated rings. The van der Waals surface area contributed by atoms with Crippen LogP contribution in [0.15, 0.2) is 77.7 Å². The lowest BCUT2D eigenvalue weighted by molar-refractivity contribution is -0.115. The average Bonchev–Trinajstić information content (AvgIpc) is 2.80. The van der Waals surface area contributed by atoms with Crippen LogP contribution in [0.4, 0.5) is 11.4 Å². The Morgan fingerprint density at radius 2 is 1.62 bits per heavy atom. The van der Waals surface area contributed by atoms with Crippen molar-refractivity contribution in [1.29, 1.82) is 0 Å². The summed E-state index contributed by atoms with van der Waals surface area (Å²) in [5, 5.41) is 2.77. The Hall–Kier alpha value is -3.52. The molecule has 0 aliphatic rings. The smallest absolute Gasteiger partial charge is 0.264 e. The third-order valence-corrected chi connectivity index (χ3v) is 6.79. The van der Waals surface area contributed by atoms with E-state index in [0.29, 0.717) is 17.2 Å². The molecular weight excluding hydrogens is 428 g/mol. The molecule has 3 rings (SSSR count). The topological polar surface area (TPSA) is 84.9 Å². The maximum absolute atomic E-state index is 13.3. The molecule has 0 heterocycles. The number of rotatable bonds is 9. The van der Waals surface area contributed by atoms with E-state index < -0.39 is 10.0 Å². The highest BCUT2D eigenvalue weighted by atomic mass is 32.2. The standard InChI is InChI=1S/C24H26N2O5S/c1-4-26(19-8-6-5-7-9-19)32(28,29)21-14-15-23(31-3)22(17-21)25-24(27)16-18-10-12-20(30-2)13-11-18/h5-15,17H,4,16H2,1-3H3,(H,25,27). The Balaban J connectivity index is 1.86. The van der Waals surface area contributed by atoms with Gasteiger partial charge in [0, 0.05) is 6.54 Å². The van der Waals surface area contributed by atoms with Gasteiger partial charge in [0.1, 0.15) is 11.5 Å². The number of para-hydroxylation sites is 1. The molecule has 7 nitrogen and oxygen atoms in total. The minimum absolute atomic E-state index is 0.0590. The zero-order valence-electron chi connectivity index (χ0n) is 18.2. The van der Waals surface area contributed by atoms with Gasteiger partial charge in [-0.2, -0.15) is 0 Å². The van der Waals surface area contributed by atoms with Crippen molar-refractivity contribution in [3.05, 3.63) is 78.4 Å². The minimum atomic E-state index is -3.84. The summed E-state index contributed by atoms with van der Waals surface area (Å²) in [5.74, 6) is 0.779. The van der Waals surface area contributed by atoms with E-state index in [9.17, 15) is 13.2 Å². The predicted octanol–water partition coefficient (Wildman–Crippen LogP) is 4.10. The molecule has 0 aliphatic heterocycles. The lowest BCUT2D eigenvalue weighted by Gasteiger charge is -2.23. The summed E-state index contributed by atoms with van der Waals surface area (Å²) < 4.78 is 38.4. The predicted molar refractivity (Wildman–Crippen MR) is 125 cm³/mol. The Labute approximate surface area is 188 Å². The maximum atomic E-state index is 13.3. The van der Waals surface area contributed by atoms with Gasteiger partial charge >= 0.3 is 0 Å². The van der Waals surface area contributed by atoms with Gasteiger partial charge in [-0.3, -0.25) is 9.10 Å². The number of anilines is 2. The molecule has 0 saturated heterocycles. The van der Waals surface area contributed by atoms with Crippen LogP contribution in [0.1, 0.15) is 12.5 Å². The molecule has 1 N–H and O–H groups in total. The summed E-state index contributed by atoms with van der Waals surface area (Å²) in [6.45, 7) is 2.03. The van der Waals surface area contributed by atoms with Crippen LogP contribution in [0.25, 0.3) is 0 Å². The third kappa shape index (κ3) is 5.20. The largest absolute Gasteiger partial charge is 0.497 e. The van der Waals surface area contributed by atoms with Gasteiger partial charge in [-0.15, -0.1) is 0 Å². The molecule has 0 spiro atoms. The summed E-state index contributed by atoms with van der Waals surface area (Å²) in [4.78, 5) is 12.7.